The van der Waals surface area contributed by atoms with Crippen LogP contribution in [0.5, 0.6) is 0 Å². The summed E-state index contributed by atoms with van der Waals surface area (Å²) in [4.78, 5) is 23.5. The molecule has 0 aromatic carbocycles. The molecule has 0 saturated carbocycles. The van der Waals surface area contributed by atoms with E-state index < -0.39 is 18.1 Å². The average Bonchev–Trinajstić information content (AvgIpc) is 2.48. The van der Waals surface area contributed by atoms with E-state index >= 15 is 0 Å². The zero-order chi connectivity index (χ0) is 10.7. The van der Waals surface area contributed by atoms with Crippen LogP contribution in [0.15, 0.2) is 0 Å². The van der Waals surface area contributed by atoms with Gasteiger partial charge < -0.3 is 15.1 Å². The topological polar surface area (TPSA) is 77.8 Å². The molecule has 2 atom stereocenters. The Kier molecular flexibility index (Phi) is 3.46. The number of carboxylic acids is 1. The van der Waals surface area contributed by atoms with Crippen molar-refractivity contribution in [1.82, 2.24) is 4.90 Å². The van der Waals surface area contributed by atoms with Gasteiger partial charge in [-0.1, -0.05) is 6.92 Å². The van der Waals surface area contributed by atoms with Crippen LogP contribution in [0.1, 0.15) is 26.2 Å². The summed E-state index contributed by atoms with van der Waals surface area (Å²) < 4.78 is 0. The molecule has 1 aliphatic rings. The molecule has 0 bridgehead atoms. The highest BCUT2D eigenvalue weighted by molar-refractivity contribution is 5.84. The number of aliphatic carboxylic acids is 1. The van der Waals surface area contributed by atoms with Crippen LogP contribution in [0.25, 0.3) is 0 Å². The number of carbonyl (C=O) groups is 2. The van der Waals surface area contributed by atoms with Gasteiger partial charge in [0.05, 0.1) is 6.10 Å². The predicted octanol–water partition coefficient (Wildman–Crippen LogP) is -0.167. The molecule has 14 heavy (non-hydrogen) atoms. The molecule has 1 saturated heterocycles. The molecule has 0 radical (unpaired) electrons. The molecule has 0 spiro atoms. The van der Waals surface area contributed by atoms with E-state index in [0.29, 0.717) is 12.8 Å². The van der Waals surface area contributed by atoms with E-state index in [0.717, 1.165) is 0 Å². The number of nitrogens with zero attached hydrogens (tertiary/aromatic N) is 1. The van der Waals surface area contributed by atoms with E-state index in [4.69, 9.17) is 5.11 Å². The molecule has 0 aromatic rings. The SMILES string of the molecule is CCCC(=O)N1C[C@H](O)C[C@H]1C(=O)O. The molecule has 1 rings (SSSR count). The lowest BCUT2D eigenvalue weighted by Crippen LogP contribution is -2.40. The van der Waals surface area contributed by atoms with E-state index in [9.17, 15) is 14.7 Å². The van der Waals surface area contributed by atoms with Crippen LogP contribution < -0.4 is 0 Å². The van der Waals surface area contributed by atoms with Crippen LogP contribution in [0.4, 0.5) is 0 Å². The van der Waals surface area contributed by atoms with E-state index in [-0.39, 0.29) is 18.9 Å². The maximum atomic E-state index is 11.5. The molecule has 0 unspecified atom stereocenters. The highest BCUT2D eigenvalue weighted by atomic mass is 16.4. The molecule has 1 heterocycles. The van der Waals surface area contributed by atoms with Crippen LogP contribution in [0, 0.1) is 0 Å². The number of aliphatic hydroxyl groups excluding tert-OH is 1. The molecular formula is C9H15NO4. The first-order valence-electron chi connectivity index (χ1n) is 4.76. The van der Waals surface area contributed by atoms with Crippen molar-refractivity contribution in [3.05, 3.63) is 0 Å². The summed E-state index contributed by atoms with van der Waals surface area (Å²) in [6.07, 6.45) is 0.482. The lowest BCUT2D eigenvalue weighted by atomic mass is 10.2. The van der Waals surface area contributed by atoms with Crippen molar-refractivity contribution in [3.63, 3.8) is 0 Å². The van der Waals surface area contributed by atoms with Crippen LogP contribution in [0.3, 0.4) is 0 Å². The van der Waals surface area contributed by atoms with Crippen molar-refractivity contribution in [2.24, 2.45) is 0 Å². The summed E-state index contributed by atoms with van der Waals surface area (Å²) in [6.45, 7) is 2.01. The normalized spacial score (nSPS) is 26.6. The van der Waals surface area contributed by atoms with Gasteiger partial charge in [0.2, 0.25) is 5.91 Å². The van der Waals surface area contributed by atoms with Crippen LogP contribution in [0.2, 0.25) is 0 Å². The second-order valence-corrected chi connectivity index (χ2v) is 3.54. The molecule has 1 aliphatic heterocycles. The maximum Gasteiger partial charge on any atom is 0.326 e. The van der Waals surface area contributed by atoms with Crippen LogP contribution in [-0.4, -0.2) is 45.7 Å². The molecule has 1 fully saturated rings. The Labute approximate surface area is 82.3 Å². The Morgan fingerprint density at radius 2 is 2.14 bits per heavy atom. The second-order valence-electron chi connectivity index (χ2n) is 3.54. The lowest BCUT2D eigenvalue weighted by Gasteiger charge is -2.20. The van der Waals surface area contributed by atoms with Crippen LogP contribution >= 0.6 is 0 Å². The van der Waals surface area contributed by atoms with Gasteiger partial charge >= 0.3 is 5.97 Å². The van der Waals surface area contributed by atoms with E-state index in [2.05, 4.69) is 0 Å². The number of β-amino-alcohol motifs (C(OH)–C–C–N with tert-alkyl or cyclic N) is 1. The summed E-state index contributed by atoms with van der Waals surface area (Å²) in [5.41, 5.74) is 0. The number of amides is 1. The highest BCUT2D eigenvalue weighted by Crippen LogP contribution is 2.19. The minimum Gasteiger partial charge on any atom is -0.480 e. The molecule has 5 heteroatoms. The van der Waals surface area contributed by atoms with Gasteiger partial charge in [0.15, 0.2) is 0 Å². The van der Waals surface area contributed by atoms with Gasteiger partial charge in [0.1, 0.15) is 6.04 Å². The van der Waals surface area contributed by atoms with E-state index in [1.54, 1.807) is 0 Å². The first-order valence-corrected chi connectivity index (χ1v) is 4.76. The summed E-state index contributed by atoms with van der Waals surface area (Å²) in [6, 6.07) is -0.843. The number of carbonyl (C=O) groups excluding carboxylic acids is 1. The standard InChI is InChI=1S/C9H15NO4/c1-2-3-8(12)10-5-6(11)4-7(10)9(13)14/h6-7,11H,2-5H2,1H3,(H,13,14)/t6-,7+/m1/s1. The number of hydrogen-bond donors (Lipinski definition) is 2. The lowest BCUT2D eigenvalue weighted by molar-refractivity contribution is -0.148. The van der Waals surface area contributed by atoms with Crippen molar-refractivity contribution in [3.8, 4) is 0 Å². The van der Waals surface area contributed by atoms with Gasteiger partial charge in [-0.3, -0.25) is 4.79 Å². The third-order valence-electron chi connectivity index (χ3n) is 2.35. The largest absolute Gasteiger partial charge is 0.480 e. The summed E-state index contributed by atoms with van der Waals surface area (Å²) >= 11 is 0. The number of likely N-dealkylation sites (tertiary alicyclic amines) is 1. The Morgan fingerprint density at radius 3 is 2.64 bits per heavy atom. The summed E-state index contributed by atoms with van der Waals surface area (Å²) in [5.74, 6) is -1.22. The van der Waals surface area contributed by atoms with Gasteiger partial charge in [-0.2, -0.15) is 0 Å². The van der Waals surface area contributed by atoms with Gasteiger partial charge in [-0.05, 0) is 6.42 Å². The fraction of sp³-hybridized carbons (Fsp3) is 0.778. The number of carboxylic acid groups (broad SMARTS) is 1. The summed E-state index contributed by atoms with van der Waals surface area (Å²) in [5, 5.41) is 18.1. The molecule has 5 nitrogen and oxygen atoms in total. The minimum absolute atomic E-state index is 0.144. The van der Waals surface area contributed by atoms with Gasteiger partial charge in [-0.15, -0.1) is 0 Å². The molecular weight excluding hydrogens is 186 g/mol. The van der Waals surface area contributed by atoms with Crippen molar-refractivity contribution in [2.45, 2.75) is 38.3 Å². The molecule has 1 amide bonds. The predicted molar refractivity (Wildman–Crippen MR) is 48.7 cm³/mol. The smallest absolute Gasteiger partial charge is 0.326 e. The first-order chi connectivity index (χ1) is 6.56. The number of hydrogen-bond acceptors (Lipinski definition) is 3. The monoisotopic (exact) mass is 201 g/mol. The zero-order valence-corrected chi connectivity index (χ0v) is 8.14. The fourth-order valence-electron chi connectivity index (χ4n) is 1.68. The number of rotatable bonds is 3. The van der Waals surface area contributed by atoms with E-state index in [1.807, 2.05) is 6.92 Å². The van der Waals surface area contributed by atoms with Crippen molar-refractivity contribution < 1.29 is 19.8 Å². The Bertz CT molecular complexity index is 241. The molecule has 0 aromatic heterocycles. The second kappa shape index (κ2) is 4.41. The van der Waals surface area contributed by atoms with Crippen molar-refractivity contribution in [2.75, 3.05) is 6.54 Å². The van der Waals surface area contributed by atoms with E-state index in [1.165, 1.54) is 4.90 Å². The highest BCUT2D eigenvalue weighted by Gasteiger charge is 2.38. The Hall–Kier alpha value is -1.10. The summed E-state index contributed by atoms with van der Waals surface area (Å²) in [7, 11) is 0. The Balaban J connectivity index is 2.66. The molecule has 80 valence electrons. The number of aliphatic hydroxyl groups is 1. The van der Waals surface area contributed by atoms with Gasteiger partial charge in [-0.25, -0.2) is 4.79 Å². The third-order valence-corrected chi connectivity index (χ3v) is 2.35. The quantitative estimate of drug-likeness (QED) is 0.664. The molecule has 0 aliphatic carbocycles. The maximum absolute atomic E-state index is 11.5. The van der Waals surface area contributed by atoms with Crippen molar-refractivity contribution >= 4 is 11.9 Å². The minimum atomic E-state index is -1.04. The molecule has 2 N–H and O–H groups in total. The average molecular weight is 201 g/mol. The van der Waals surface area contributed by atoms with Crippen LogP contribution in [-0.2, 0) is 9.59 Å². The van der Waals surface area contributed by atoms with Crippen molar-refractivity contribution in [1.29, 1.82) is 0 Å². The van der Waals surface area contributed by atoms with Gasteiger partial charge in [0.25, 0.3) is 0 Å². The fourth-order valence-corrected chi connectivity index (χ4v) is 1.68. The Morgan fingerprint density at radius 1 is 1.50 bits per heavy atom. The third kappa shape index (κ3) is 2.23. The van der Waals surface area contributed by atoms with Gasteiger partial charge in [0, 0.05) is 19.4 Å². The zero-order valence-electron chi connectivity index (χ0n) is 8.14. The first kappa shape index (κ1) is 11.0.